The monoisotopic (exact) mass is 426 g/mol. The molecule has 1 heterocycles. The molecule has 2 atom stereocenters. The van der Waals surface area contributed by atoms with Gasteiger partial charge >= 0.3 is 0 Å². The summed E-state index contributed by atoms with van der Waals surface area (Å²) < 4.78 is 19.2. The minimum absolute atomic E-state index is 0.109. The first-order valence-electron chi connectivity index (χ1n) is 11.4. The average molecular weight is 427 g/mol. The number of carbonyl (C=O) groups excluding carboxylic acids is 1. The number of hydrogen-bond donors (Lipinski definition) is 0. The molecule has 0 aromatic heterocycles. The van der Waals surface area contributed by atoms with Gasteiger partial charge in [0, 0.05) is 19.1 Å². The van der Waals surface area contributed by atoms with Crippen molar-refractivity contribution in [1.29, 1.82) is 0 Å². The molecule has 1 saturated heterocycles. The quantitative estimate of drug-likeness (QED) is 0.571. The van der Waals surface area contributed by atoms with E-state index in [9.17, 15) is 9.18 Å². The molecule has 2 aromatic carbocycles. The van der Waals surface area contributed by atoms with Crippen LogP contribution in [0, 0.1) is 11.7 Å². The molecule has 0 saturated carbocycles. The Morgan fingerprint density at radius 1 is 1.16 bits per heavy atom. The highest BCUT2D eigenvalue weighted by Gasteiger charge is 2.27. The highest BCUT2D eigenvalue weighted by Crippen LogP contribution is 2.21. The number of benzene rings is 2. The van der Waals surface area contributed by atoms with Crippen molar-refractivity contribution in [3.63, 3.8) is 0 Å². The lowest BCUT2D eigenvalue weighted by atomic mass is 10.0. The van der Waals surface area contributed by atoms with E-state index in [1.165, 1.54) is 12.1 Å². The van der Waals surface area contributed by atoms with Crippen molar-refractivity contribution in [3.8, 4) is 5.75 Å². The third kappa shape index (κ3) is 7.06. The summed E-state index contributed by atoms with van der Waals surface area (Å²) in [5.41, 5.74) is 1.94. The number of piperidine rings is 1. The minimum Gasteiger partial charge on any atom is -0.493 e. The fraction of sp³-hybridized carbons (Fsp3) is 0.500. The van der Waals surface area contributed by atoms with E-state index >= 15 is 0 Å². The van der Waals surface area contributed by atoms with E-state index in [4.69, 9.17) is 4.74 Å². The van der Waals surface area contributed by atoms with E-state index in [0.717, 1.165) is 49.2 Å². The number of likely N-dealkylation sites (N-methyl/N-ethyl adjacent to an activating group) is 1. The second-order valence-corrected chi connectivity index (χ2v) is 8.85. The zero-order chi connectivity index (χ0) is 22.2. The molecule has 1 amide bonds. The van der Waals surface area contributed by atoms with Gasteiger partial charge in [0.25, 0.3) is 0 Å². The summed E-state index contributed by atoms with van der Waals surface area (Å²) in [6, 6.07) is 14.5. The summed E-state index contributed by atoms with van der Waals surface area (Å²) in [7, 11) is 2.10. The third-order valence-corrected chi connectivity index (χ3v) is 6.14. The van der Waals surface area contributed by atoms with Gasteiger partial charge in [-0.1, -0.05) is 44.5 Å². The predicted octanol–water partition coefficient (Wildman–Crippen LogP) is 4.92. The van der Waals surface area contributed by atoms with Gasteiger partial charge in [-0.3, -0.25) is 4.79 Å². The smallest absolute Gasteiger partial charge is 0.227 e. The van der Waals surface area contributed by atoms with Crippen LogP contribution in [0.5, 0.6) is 5.75 Å². The normalized spacial score (nSPS) is 17.9. The van der Waals surface area contributed by atoms with Crippen molar-refractivity contribution in [1.82, 2.24) is 9.80 Å². The van der Waals surface area contributed by atoms with Gasteiger partial charge in [-0.2, -0.15) is 0 Å². The van der Waals surface area contributed by atoms with Crippen molar-refractivity contribution in [2.24, 2.45) is 5.92 Å². The maximum absolute atomic E-state index is 13.3. The zero-order valence-corrected chi connectivity index (χ0v) is 19.0. The molecule has 1 aliphatic heterocycles. The molecule has 0 N–H and O–H groups in total. The number of ether oxygens (including phenoxy) is 1. The lowest BCUT2D eigenvalue weighted by Crippen LogP contribution is -2.49. The minimum atomic E-state index is -0.255. The molecule has 0 aliphatic carbocycles. The van der Waals surface area contributed by atoms with Crippen LogP contribution in [-0.2, 0) is 17.8 Å². The molecule has 2 aromatic rings. The molecule has 0 spiro atoms. The molecule has 4 nitrogen and oxygen atoms in total. The summed E-state index contributed by atoms with van der Waals surface area (Å²) >= 11 is 0. The van der Waals surface area contributed by atoms with Crippen LogP contribution >= 0.6 is 0 Å². The van der Waals surface area contributed by atoms with Crippen LogP contribution in [0.1, 0.15) is 44.2 Å². The van der Waals surface area contributed by atoms with Crippen LogP contribution in [0.2, 0.25) is 0 Å². The molecule has 1 aliphatic rings. The molecule has 0 radical (unpaired) electrons. The van der Waals surface area contributed by atoms with Crippen molar-refractivity contribution in [3.05, 3.63) is 65.5 Å². The van der Waals surface area contributed by atoms with Crippen molar-refractivity contribution >= 4 is 5.91 Å². The Balaban J connectivity index is 1.68. The topological polar surface area (TPSA) is 32.8 Å². The molecule has 3 rings (SSSR count). The van der Waals surface area contributed by atoms with Gasteiger partial charge in [0.15, 0.2) is 0 Å². The largest absolute Gasteiger partial charge is 0.493 e. The summed E-state index contributed by atoms with van der Waals surface area (Å²) in [6.07, 6.45) is 3.52. The number of carbonyl (C=O) groups is 1. The number of amides is 1. The van der Waals surface area contributed by atoms with Crippen molar-refractivity contribution in [2.45, 2.75) is 52.1 Å². The third-order valence-electron chi connectivity index (χ3n) is 6.14. The van der Waals surface area contributed by atoms with E-state index in [2.05, 4.69) is 25.8 Å². The van der Waals surface area contributed by atoms with Gasteiger partial charge in [0.05, 0.1) is 13.0 Å². The lowest BCUT2D eigenvalue weighted by molar-refractivity contribution is -0.134. The highest BCUT2D eigenvalue weighted by molar-refractivity contribution is 5.79. The first kappa shape index (κ1) is 23.3. The van der Waals surface area contributed by atoms with E-state index < -0.39 is 0 Å². The number of likely N-dealkylation sites (tertiary alicyclic amines) is 1. The highest BCUT2D eigenvalue weighted by atomic mass is 19.1. The second kappa shape index (κ2) is 11.3. The Hall–Kier alpha value is -2.40. The Bertz CT molecular complexity index is 822. The summed E-state index contributed by atoms with van der Waals surface area (Å²) in [5, 5.41) is 0. The molecule has 31 heavy (non-hydrogen) atoms. The maximum atomic E-state index is 13.3. The number of hydrogen-bond acceptors (Lipinski definition) is 3. The Kier molecular flexibility index (Phi) is 8.47. The van der Waals surface area contributed by atoms with Crippen LogP contribution in [0.25, 0.3) is 0 Å². The number of nitrogens with zero attached hydrogens (tertiary/aromatic N) is 2. The number of halogens is 1. The van der Waals surface area contributed by atoms with Gasteiger partial charge in [0.1, 0.15) is 11.6 Å². The Morgan fingerprint density at radius 3 is 2.48 bits per heavy atom. The molecule has 168 valence electrons. The van der Waals surface area contributed by atoms with Crippen molar-refractivity contribution in [2.75, 3.05) is 26.7 Å². The maximum Gasteiger partial charge on any atom is 0.227 e. The molecular formula is C26H35FN2O2. The van der Waals surface area contributed by atoms with Gasteiger partial charge in [-0.25, -0.2) is 4.39 Å². The Morgan fingerprint density at radius 2 is 1.84 bits per heavy atom. The lowest BCUT2D eigenvalue weighted by Gasteiger charge is -2.38. The first-order chi connectivity index (χ1) is 14.9. The molecule has 0 bridgehead atoms. The fourth-order valence-electron chi connectivity index (χ4n) is 3.94. The zero-order valence-electron chi connectivity index (χ0n) is 19.0. The first-order valence-corrected chi connectivity index (χ1v) is 11.4. The van der Waals surface area contributed by atoms with Crippen LogP contribution in [0.3, 0.4) is 0 Å². The second-order valence-electron chi connectivity index (χ2n) is 8.85. The average Bonchev–Trinajstić information content (AvgIpc) is 2.77. The molecule has 1 unspecified atom stereocenters. The van der Waals surface area contributed by atoms with Gasteiger partial charge in [-0.05, 0) is 67.7 Å². The summed E-state index contributed by atoms with van der Waals surface area (Å²) in [4.78, 5) is 17.6. The van der Waals surface area contributed by atoms with Crippen molar-refractivity contribution < 1.29 is 13.9 Å². The van der Waals surface area contributed by atoms with Crippen LogP contribution in [-0.4, -0.2) is 48.5 Å². The Labute approximate surface area is 186 Å². The van der Waals surface area contributed by atoms with E-state index in [1.54, 1.807) is 12.1 Å². The van der Waals surface area contributed by atoms with Gasteiger partial charge in [-0.15, -0.1) is 0 Å². The van der Waals surface area contributed by atoms with E-state index in [-0.39, 0.29) is 17.8 Å². The molecule has 1 fully saturated rings. The standard InChI is InChI=1S/C26H35FN2O2/c1-4-20(2)19-31-25-13-9-21(10-14-25)16-26(30)29(24-6-5-15-28(3)18-24)17-22-7-11-23(27)12-8-22/h7-14,20,24H,4-6,15-19H2,1-3H3/t20?,24-/m1/s1. The van der Waals surface area contributed by atoms with Gasteiger partial charge in [0.2, 0.25) is 5.91 Å². The summed E-state index contributed by atoms with van der Waals surface area (Å²) in [6.45, 7) is 7.47. The van der Waals surface area contributed by atoms with Crippen LogP contribution in [0.4, 0.5) is 4.39 Å². The predicted molar refractivity (Wildman–Crippen MR) is 123 cm³/mol. The fourth-order valence-corrected chi connectivity index (χ4v) is 3.94. The summed E-state index contributed by atoms with van der Waals surface area (Å²) in [5.74, 6) is 1.22. The van der Waals surface area contributed by atoms with Crippen LogP contribution in [0.15, 0.2) is 48.5 Å². The van der Waals surface area contributed by atoms with E-state index in [0.29, 0.717) is 25.5 Å². The van der Waals surface area contributed by atoms with E-state index in [1.807, 2.05) is 29.2 Å². The molecular weight excluding hydrogens is 391 g/mol. The molecule has 5 heteroatoms. The SMILES string of the molecule is CCC(C)COc1ccc(CC(=O)N(Cc2ccc(F)cc2)[C@@H]2CCCN(C)C2)cc1. The van der Waals surface area contributed by atoms with Gasteiger partial charge < -0.3 is 14.5 Å². The number of rotatable bonds is 9. The van der Waals surface area contributed by atoms with Crippen LogP contribution < -0.4 is 4.74 Å².